The second-order valence-corrected chi connectivity index (χ2v) is 9.69. The summed E-state index contributed by atoms with van der Waals surface area (Å²) in [5.74, 6) is 2.32. The zero-order valence-corrected chi connectivity index (χ0v) is 22.9. The molecule has 8 nitrogen and oxygen atoms in total. The summed E-state index contributed by atoms with van der Waals surface area (Å²) in [6.45, 7) is 7.01. The Balaban J connectivity index is 0.000000283. The third-order valence-corrected chi connectivity index (χ3v) is 6.89. The second kappa shape index (κ2) is 12.2. The lowest BCUT2D eigenvalue weighted by molar-refractivity contribution is 0.140. The first-order valence-electron chi connectivity index (χ1n) is 12.3. The van der Waals surface area contributed by atoms with E-state index in [1.165, 1.54) is 6.20 Å². The topological polar surface area (TPSA) is 101 Å². The number of halogens is 1. The van der Waals surface area contributed by atoms with Gasteiger partial charge in [0.05, 0.1) is 48.8 Å². The van der Waals surface area contributed by atoms with Crippen LogP contribution in [0.15, 0.2) is 53.3 Å². The van der Waals surface area contributed by atoms with Crippen molar-refractivity contribution in [2.45, 2.75) is 13.5 Å². The first-order valence-corrected chi connectivity index (χ1v) is 12.7. The lowest BCUT2D eigenvalue weighted by atomic mass is 10.0. The molecule has 198 valence electrons. The number of likely N-dealkylation sites (N-methyl/N-ethyl adjacent to an activating group) is 1. The summed E-state index contributed by atoms with van der Waals surface area (Å²) in [4.78, 5) is 9.11. The molecule has 1 saturated heterocycles. The van der Waals surface area contributed by atoms with Crippen LogP contribution in [0, 0.1) is 18.3 Å². The molecule has 0 spiro atoms. The Morgan fingerprint density at radius 3 is 2.47 bits per heavy atom. The number of fused-ring (bicyclic) bond motifs is 1. The van der Waals surface area contributed by atoms with Gasteiger partial charge in [0.25, 0.3) is 0 Å². The Morgan fingerprint density at radius 1 is 1.08 bits per heavy atom. The van der Waals surface area contributed by atoms with Crippen LogP contribution in [0.2, 0.25) is 5.02 Å². The predicted molar refractivity (Wildman–Crippen MR) is 151 cm³/mol. The number of nitrogens with two attached hydrogens (primary N) is 1. The number of aryl methyl sites for hydroxylation is 1. The summed E-state index contributed by atoms with van der Waals surface area (Å²) in [7, 11) is 5.37. The molecule has 1 aliphatic heterocycles. The molecule has 3 heterocycles. The van der Waals surface area contributed by atoms with Crippen LogP contribution in [0.3, 0.4) is 0 Å². The van der Waals surface area contributed by atoms with E-state index in [0.717, 1.165) is 60.9 Å². The Bertz CT molecular complexity index is 1450. The molecular weight excluding hydrogens is 502 g/mol. The molecule has 2 aromatic carbocycles. The third-order valence-electron chi connectivity index (χ3n) is 6.60. The number of anilines is 1. The number of nitrogens with zero attached hydrogens (tertiary/aromatic N) is 4. The van der Waals surface area contributed by atoms with E-state index in [9.17, 15) is 0 Å². The van der Waals surface area contributed by atoms with Crippen molar-refractivity contribution < 1.29 is 13.9 Å². The van der Waals surface area contributed by atoms with Crippen LogP contribution in [0.4, 0.5) is 5.69 Å². The smallest absolute Gasteiger partial charge is 0.137 e. The van der Waals surface area contributed by atoms with Gasteiger partial charge >= 0.3 is 0 Å². The van der Waals surface area contributed by atoms with Gasteiger partial charge in [0.2, 0.25) is 0 Å². The van der Waals surface area contributed by atoms with Crippen LogP contribution in [0.5, 0.6) is 11.5 Å². The highest BCUT2D eigenvalue weighted by Gasteiger charge is 2.18. The van der Waals surface area contributed by atoms with E-state index in [1.54, 1.807) is 20.5 Å². The Labute approximate surface area is 228 Å². The second-order valence-electron chi connectivity index (χ2n) is 9.29. The number of furan rings is 1. The maximum Gasteiger partial charge on any atom is 0.137 e. The first kappa shape index (κ1) is 27.3. The average Bonchev–Trinajstić information content (AvgIpc) is 3.38. The van der Waals surface area contributed by atoms with Crippen LogP contribution in [0.1, 0.15) is 16.9 Å². The SMILES string of the molecule is COc1cc2c(N)c(C#N)cnc2cc1-c1coc(CN2CCN(C)CC2)c1.COc1ccc(C)cc1Cl. The first-order chi connectivity index (χ1) is 18.3. The van der Waals surface area contributed by atoms with Crippen molar-refractivity contribution in [3.05, 3.63) is 70.8 Å². The van der Waals surface area contributed by atoms with Crippen LogP contribution in [0.25, 0.3) is 22.0 Å². The number of rotatable bonds is 5. The van der Waals surface area contributed by atoms with Crippen LogP contribution >= 0.6 is 11.6 Å². The molecule has 0 saturated carbocycles. The fourth-order valence-electron chi connectivity index (χ4n) is 4.33. The van der Waals surface area contributed by atoms with Gasteiger partial charge in [0, 0.05) is 48.9 Å². The Hall–Kier alpha value is -3.77. The van der Waals surface area contributed by atoms with Crippen LogP contribution in [-0.4, -0.2) is 62.2 Å². The molecule has 0 bridgehead atoms. The van der Waals surface area contributed by atoms with Gasteiger partial charge in [0.1, 0.15) is 23.3 Å². The zero-order chi connectivity index (χ0) is 27.2. The fourth-order valence-corrected chi connectivity index (χ4v) is 4.64. The maximum atomic E-state index is 9.17. The van der Waals surface area contributed by atoms with E-state index in [4.69, 9.17) is 36.5 Å². The molecule has 0 amide bonds. The average molecular weight is 534 g/mol. The van der Waals surface area contributed by atoms with E-state index >= 15 is 0 Å². The molecule has 5 rings (SSSR count). The zero-order valence-electron chi connectivity index (χ0n) is 22.1. The minimum atomic E-state index is 0.361. The fraction of sp³-hybridized carbons (Fsp3) is 0.310. The van der Waals surface area contributed by atoms with Gasteiger partial charge in [-0.05, 0) is 49.9 Å². The predicted octanol–water partition coefficient (Wildman–Crippen LogP) is 5.36. The number of ether oxygens (including phenoxy) is 2. The van der Waals surface area contributed by atoms with Gasteiger partial charge in [-0.3, -0.25) is 9.88 Å². The van der Waals surface area contributed by atoms with E-state index in [-0.39, 0.29) is 0 Å². The molecule has 4 aromatic rings. The number of piperazine rings is 1. The highest BCUT2D eigenvalue weighted by atomic mass is 35.5. The van der Waals surface area contributed by atoms with Gasteiger partial charge in [-0.2, -0.15) is 5.26 Å². The standard InChI is InChI=1S/C21H23N5O2.C8H9ClO/c1-25-3-5-26(6-4-25)12-16-7-14(13-28-16)17-8-19-18(9-20(17)27-2)21(23)15(10-22)11-24-19;1-6-3-4-8(10-2)7(9)5-6/h7-9,11,13H,3-6,12H2,1-2H3,(H2,23,24);3-5H,1-2H3. The molecule has 0 unspecified atom stereocenters. The van der Waals surface area contributed by atoms with Gasteiger partial charge in [-0.1, -0.05) is 17.7 Å². The molecule has 0 aliphatic carbocycles. The molecule has 2 aromatic heterocycles. The van der Waals surface area contributed by atoms with Crippen molar-refractivity contribution in [2.24, 2.45) is 0 Å². The maximum absolute atomic E-state index is 9.17. The highest BCUT2D eigenvalue weighted by Crippen LogP contribution is 2.37. The lowest BCUT2D eigenvalue weighted by Gasteiger charge is -2.31. The van der Waals surface area contributed by atoms with Gasteiger partial charge in [-0.25, -0.2) is 0 Å². The molecule has 1 aliphatic rings. The van der Waals surface area contributed by atoms with Crippen molar-refractivity contribution in [1.29, 1.82) is 5.26 Å². The van der Waals surface area contributed by atoms with Gasteiger partial charge in [0.15, 0.2) is 0 Å². The number of nitriles is 1. The minimum absolute atomic E-state index is 0.361. The Kier molecular flexibility index (Phi) is 8.74. The summed E-state index contributed by atoms with van der Waals surface area (Å²) in [5.41, 5.74) is 10.6. The molecule has 0 atom stereocenters. The number of hydrogen-bond donors (Lipinski definition) is 1. The molecule has 1 fully saturated rings. The van der Waals surface area contributed by atoms with Crippen molar-refractivity contribution in [3.63, 3.8) is 0 Å². The number of benzene rings is 2. The van der Waals surface area contributed by atoms with Crippen LogP contribution < -0.4 is 15.2 Å². The summed E-state index contributed by atoms with van der Waals surface area (Å²) in [6, 6.07) is 13.6. The van der Waals surface area contributed by atoms with Gasteiger partial charge in [-0.15, -0.1) is 0 Å². The van der Waals surface area contributed by atoms with Crippen molar-refractivity contribution in [1.82, 2.24) is 14.8 Å². The number of methoxy groups -OCH3 is 2. The van der Waals surface area contributed by atoms with Crippen LogP contribution in [-0.2, 0) is 6.54 Å². The summed E-state index contributed by atoms with van der Waals surface area (Å²) >= 11 is 5.80. The normalized spacial score (nSPS) is 14.0. The Morgan fingerprint density at radius 2 is 1.82 bits per heavy atom. The minimum Gasteiger partial charge on any atom is -0.496 e. The molecular formula is C29H32ClN5O3. The molecule has 0 radical (unpaired) electrons. The molecule has 38 heavy (non-hydrogen) atoms. The number of aromatic nitrogens is 1. The van der Waals surface area contributed by atoms with E-state index in [1.807, 2.05) is 37.3 Å². The number of nitrogen functional groups attached to an aromatic ring is 1. The summed E-state index contributed by atoms with van der Waals surface area (Å²) in [6.07, 6.45) is 3.25. The number of hydrogen-bond acceptors (Lipinski definition) is 8. The lowest BCUT2D eigenvalue weighted by Crippen LogP contribution is -2.43. The highest BCUT2D eigenvalue weighted by molar-refractivity contribution is 6.32. The van der Waals surface area contributed by atoms with E-state index in [0.29, 0.717) is 32.9 Å². The monoisotopic (exact) mass is 533 g/mol. The number of pyridine rings is 1. The van der Waals surface area contributed by atoms with Gasteiger partial charge < -0.3 is 24.5 Å². The van der Waals surface area contributed by atoms with Crippen molar-refractivity contribution in [2.75, 3.05) is 53.2 Å². The summed E-state index contributed by atoms with van der Waals surface area (Å²) < 4.78 is 16.4. The van der Waals surface area contributed by atoms with Crippen molar-refractivity contribution in [3.8, 4) is 28.7 Å². The third kappa shape index (κ3) is 6.20. The summed E-state index contributed by atoms with van der Waals surface area (Å²) in [5, 5.41) is 10.5. The quantitative estimate of drug-likeness (QED) is 0.366. The van der Waals surface area contributed by atoms with E-state index < -0.39 is 0 Å². The molecule has 2 N–H and O–H groups in total. The molecule has 9 heteroatoms. The van der Waals surface area contributed by atoms with E-state index in [2.05, 4.69) is 34.0 Å². The van der Waals surface area contributed by atoms with Crippen molar-refractivity contribution >= 4 is 28.2 Å². The largest absolute Gasteiger partial charge is 0.496 e.